The van der Waals surface area contributed by atoms with Crippen LogP contribution in [-0.4, -0.2) is 0 Å². The van der Waals surface area contributed by atoms with Crippen molar-refractivity contribution in [3.05, 3.63) is 52.8 Å². The summed E-state index contributed by atoms with van der Waals surface area (Å²) >= 11 is 0. The molecule has 0 spiro atoms. The summed E-state index contributed by atoms with van der Waals surface area (Å²) in [5.74, 6) is 6.74. The molecule has 6 rings (SSSR count). The summed E-state index contributed by atoms with van der Waals surface area (Å²) in [6, 6.07) is 7.50. The second kappa shape index (κ2) is 12.8. The first kappa shape index (κ1) is 26.7. The van der Waals surface area contributed by atoms with Crippen molar-refractivity contribution in [1.29, 1.82) is 0 Å². The number of benzene rings is 1. The second-order valence-electron chi connectivity index (χ2n) is 13.9. The molecule has 1 aromatic carbocycles. The summed E-state index contributed by atoms with van der Waals surface area (Å²) in [6.45, 7) is 2.55. The van der Waals surface area contributed by atoms with Gasteiger partial charge in [0.05, 0.1) is 0 Å². The van der Waals surface area contributed by atoms with E-state index in [1.807, 2.05) is 0 Å². The molecule has 5 aliphatic carbocycles. The molecule has 0 aromatic heterocycles. The van der Waals surface area contributed by atoms with E-state index in [2.05, 4.69) is 37.3 Å². The Morgan fingerprint density at radius 3 is 1.55 bits per heavy atom. The maximum absolute atomic E-state index is 6.99. The molecule has 0 radical (unpaired) electrons. The molecule has 1 nitrogen and oxygen atoms in total. The van der Waals surface area contributed by atoms with Crippen LogP contribution >= 0.6 is 0 Å². The van der Waals surface area contributed by atoms with Crippen LogP contribution in [0.1, 0.15) is 158 Å². The number of allylic oxidation sites excluding steroid dienone is 3. The summed E-state index contributed by atoms with van der Waals surface area (Å²) in [5, 5.41) is 0. The van der Waals surface area contributed by atoms with E-state index in [0.717, 1.165) is 29.4 Å². The van der Waals surface area contributed by atoms with E-state index in [0.29, 0.717) is 11.8 Å². The summed E-state index contributed by atoms with van der Waals surface area (Å²) in [4.78, 5) is 0. The van der Waals surface area contributed by atoms with E-state index in [1.54, 1.807) is 16.7 Å². The molecule has 5 aliphatic rings. The molecule has 38 heavy (non-hydrogen) atoms. The number of ether oxygens (including phenoxy) is 1. The molecule has 0 bridgehead atoms. The van der Waals surface area contributed by atoms with Crippen molar-refractivity contribution in [2.24, 2.45) is 23.7 Å². The molecule has 0 aliphatic heterocycles. The predicted molar refractivity (Wildman–Crippen MR) is 161 cm³/mol. The van der Waals surface area contributed by atoms with Crippen LogP contribution in [0.4, 0.5) is 0 Å². The molecule has 2 unspecified atom stereocenters. The minimum atomic E-state index is 0.659. The van der Waals surface area contributed by atoms with Crippen molar-refractivity contribution in [2.75, 3.05) is 0 Å². The quantitative estimate of drug-likeness (QED) is 0.367. The van der Waals surface area contributed by atoms with E-state index in [1.165, 1.54) is 134 Å². The zero-order chi connectivity index (χ0) is 25.7. The van der Waals surface area contributed by atoms with Crippen LogP contribution in [0.2, 0.25) is 0 Å². The largest absolute Gasteiger partial charge is 0.458 e. The van der Waals surface area contributed by atoms with E-state index in [-0.39, 0.29) is 0 Å². The predicted octanol–water partition coefficient (Wildman–Crippen LogP) is 11.4. The zero-order valence-corrected chi connectivity index (χ0v) is 24.4. The van der Waals surface area contributed by atoms with Crippen LogP contribution < -0.4 is 4.74 Å². The third-order valence-corrected chi connectivity index (χ3v) is 11.4. The topological polar surface area (TPSA) is 9.23 Å². The van der Waals surface area contributed by atoms with Gasteiger partial charge in [-0.2, -0.15) is 0 Å². The molecular formula is C37H54O. The molecule has 0 saturated heterocycles. The fourth-order valence-electron chi connectivity index (χ4n) is 9.14. The fourth-order valence-corrected chi connectivity index (χ4v) is 9.14. The van der Waals surface area contributed by atoms with Gasteiger partial charge in [-0.05, 0) is 122 Å². The third kappa shape index (κ3) is 6.28. The van der Waals surface area contributed by atoms with Crippen LogP contribution in [0.3, 0.4) is 0 Å². The van der Waals surface area contributed by atoms with Crippen LogP contribution in [-0.2, 0) is 0 Å². The van der Waals surface area contributed by atoms with Gasteiger partial charge in [-0.25, -0.2) is 0 Å². The van der Waals surface area contributed by atoms with Crippen molar-refractivity contribution < 1.29 is 4.74 Å². The molecule has 1 aromatic rings. The Kier molecular flexibility index (Phi) is 8.98. The summed E-state index contributed by atoms with van der Waals surface area (Å²) < 4.78 is 6.99. The van der Waals surface area contributed by atoms with E-state index in [9.17, 15) is 0 Å². The molecule has 4 saturated carbocycles. The lowest BCUT2D eigenvalue weighted by Gasteiger charge is -2.39. The molecule has 0 amide bonds. The highest BCUT2D eigenvalue weighted by Crippen LogP contribution is 2.46. The molecule has 0 heterocycles. The van der Waals surface area contributed by atoms with Gasteiger partial charge in [-0.1, -0.05) is 95.6 Å². The molecule has 1 heteroatoms. The second-order valence-corrected chi connectivity index (χ2v) is 13.9. The minimum absolute atomic E-state index is 0.659. The first-order chi connectivity index (χ1) is 18.7. The minimum Gasteiger partial charge on any atom is -0.458 e. The number of rotatable bonds is 6. The SMILES string of the molecule is CC1C(C2CCCCC2)=CC(Oc2cc(C3CCCCC3)cc(C3CCCCC3)c2)=CC1C1CCCCC1. The maximum Gasteiger partial charge on any atom is 0.127 e. The third-order valence-electron chi connectivity index (χ3n) is 11.4. The Balaban J connectivity index is 1.31. The van der Waals surface area contributed by atoms with Gasteiger partial charge in [-0.3, -0.25) is 0 Å². The Hall–Kier alpha value is -1.50. The van der Waals surface area contributed by atoms with Gasteiger partial charge in [0.1, 0.15) is 11.5 Å². The lowest BCUT2D eigenvalue weighted by molar-refractivity contribution is 0.222. The molecule has 208 valence electrons. The molecule has 0 N–H and O–H groups in total. The Bertz CT molecular complexity index is 924. The van der Waals surface area contributed by atoms with Gasteiger partial charge in [0, 0.05) is 0 Å². The van der Waals surface area contributed by atoms with Crippen molar-refractivity contribution >= 4 is 0 Å². The Morgan fingerprint density at radius 2 is 1.03 bits per heavy atom. The van der Waals surface area contributed by atoms with Crippen molar-refractivity contribution in [3.8, 4) is 5.75 Å². The van der Waals surface area contributed by atoms with Crippen molar-refractivity contribution in [3.63, 3.8) is 0 Å². The molecule has 4 fully saturated rings. The number of hydrogen-bond donors (Lipinski definition) is 0. The standard InChI is InChI=1S/C37H54O/c1-27-36(30-18-10-4-11-19-30)25-35(26-37(27)31-20-12-5-13-21-31)38-34-23-32(28-14-6-2-7-15-28)22-33(24-34)29-16-8-3-9-17-29/h22-31,36H,2-21H2,1H3. The lowest BCUT2D eigenvalue weighted by Crippen LogP contribution is -2.29. The fraction of sp³-hybridized carbons (Fsp3) is 0.730. The molecular weight excluding hydrogens is 460 g/mol. The summed E-state index contributed by atoms with van der Waals surface area (Å²) in [6.07, 6.45) is 33.2. The highest BCUT2D eigenvalue weighted by atomic mass is 16.5. The monoisotopic (exact) mass is 514 g/mol. The van der Waals surface area contributed by atoms with Gasteiger partial charge in [0.15, 0.2) is 0 Å². The zero-order valence-electron chi connectivity index (χ0n) is 24.4. The highest BCUT2D eigenvalue weighted by Gasteiger charge is 2.35. The van der Waals surface area contributed by atoms with Gasteiger partial charge < -0.3 is 4.74 Å². The maximum atomic E-state index is 6.99. The van der Waals surface area contributed by atoms with E-state index in [4.69, 9.17) is 4.74 Å². The van der Waals surface area contributed by atoms with E-state index < -0.39 is 0 Å². The highest BCUT2D eigenvalue weighted by molar-refractivity contribution is 5.41. The van der Waals surface area contributed by atoms with Gasteiger partial charge in [0.2, 0.25) is 0 Å². The summed E-state index contributed by atoms with van der Waals surface area (Å²) in [5.41, 5.74) is 4.88. The lowest BCUT2D eigenvalue weighted by atomic mass is 9.66. The summed E-state index contributed by atoms with van der Waals surface area (Å²) in [7, 11) is 0. The van der Waals surface area contributed by atoms with Gasteiger partial charge >= 0.3 is 0 Å². The Labute approximate surface area is 233 Å². The first-order valence-electron chi connectivity index (χ1n) is 17.0. The average molecular weight is 515 g/mol. The van der Waals surface area contributed by atoms with Crippen LogP contribution in [0.25, 0.3) is 0 Å². The average Bonchev–Trinajstić information content (AvgIpc) is 2.99. The van der Waals surface area contributed by atoms with Crippen LogP contribution in [0, 0.1) is 23.7 Å². The van der Waals surface area contributed by atoms with Gasteiger partial charge in [-0.15, -0.1) is 0 Å². The van der Waals surface area contributed by atoms with Crippen LogP contribution in [0.5, 0.6) is 5.75 Å². The smallest absolute Gasteiger partial charge is 0.127 e. The van der Waals surface area contributed by atoms with Crippen molar-refractivity contribution in [2.45, 2.75) is 147 Å². The molecule has 2 atom stereocenters. The van der Waals surface area contributed by atoms with Crippen molar-refractivity contribution in [1.82, 2.24) is 0 Å². The normalized spacial score (nSPS) is 29.1. The van der Waals surface area contributed by atoms with Crippen LogP contribution in [0.15, 0.2) is 41.7 Å². The number of hydrogen-bond acceptors (Lipinski definition) is 1. The Morgan fingerprint density at radius 1 is 0.553 bits per heavy atom. The van der Waals surface area contributed by atoms with Gasteiger partial charge in [0.25, 0.3) is 0 Å². The first-order valence-corrected chi connectivity index (χ1v) is 17.0. The van der Waals surface area contributed by atoms with E-state index >= 15 is 0 Å².